The molecule has 0 aliphatic carbocycles. The minimum Gasteiger partial charge on any atom is -0.454 e. The molecule has 1 N–H and O–H groups in total. The Balaban J connectivity index is 1.49. The highest BCUT2D eigenvalue weighted by atomic mass is 32.2. The maximum Gasteiger partial charge on any atom is 0.237 e. The molecule has 1 aromatic heterocycles. The van der Waals surface area contributed by atoms with E-state index in [1.165, 1.54) is 17.8 Å². The summed E-state index contributed by atoms with van der Waals surface area (Å²) in [5.41, 5.74) is 1.00. The van der Waals surface area contributed by atoms with E-state index in [2.05, 4.69) is 15.5 Å². The molecule has 29 heavy (non-hydrogen) atoms. The molecule has 2 aromatic carbocycles. The van der Waals surface area contributed by atoms with Crippen LogP contribution in [-0.4, -0.2) is 32.7 Å². The zero-order valence-electron chi connectivity index (χ0n) is 15.9. The van der Waals surface area contributed by atoms with Gasteiger partial charge in [-0.25, -0.2) is 4.39 Å². The smallest absolute Gasteiger partial charge is 0.237 e. The number of amides is 1. The van der Waals surface area contributed by atoms with E-state index in [1.807, 2.05) is 6.92 Å². The first kappa shape index (κ1) is 19.3. The van der Waals surface area contributed by atoms with Crippen molar-refractivity contribution in [1.82, 2.24) is 14.8 Å². The van der Waals surface area contributed by atoms with Crippen molar-refractivity contribution in [3.05, 3.63) is 48.3 Å². The van der Waals surface area contributed by atoms with E-state index in [0.717, 1.165) is 0 Å². The summed E-state index contributed by atoms with van der Waals surface area (Å²) in [6.45, 7) is 4.44. The SMILES string of the molecule is CCn1c(S[C@H](C)C(=O)Nc2ccc3c(c2)OCO3)nnc1-c1ccccc1F. The van der Waals surface area contributed by atoms with Crippen molar-refractivity contribution in [2.45, 2.75) is 30.8 Å². The van der Waals surface area contributed by atoms with Crippen LogP contribution in [0.1, 0.15) is 13.8 Å². The molecule has 3 aromatic rings. The second-order valence-electron chi connectivity index (χ2n) is 6.35. The third kappa shape index (κ3) is 3.91. The first-order valence-corrected chi connectivity index (χ1v) is 10.00. The van der Waals surface area contributed by atoms with E-state index in [1.54, 1.807) is 47.9 Å². The predicted octanol–water partition coefficient (Wildman–Crippen LogP) is 3.95. The molecule has 0 fully saturated rings. The Labute approximate surface area is 171 Å². The van der Waals surface area contributed by atoms with Crippen molar-refractivity contribution < 1.29 is 18.7 Å². The number of halogens is 1. The lowest BCUT2D eigenvalue weighted by Gasteiger charge is -2.13. The summed E-state index contributed by atoms with van der Waals surface area (Å²) in [4.78, 5) is 12.6. The van der Waals surface area contributed by atoms with Gasteiger partial charge in [0, 0.05) is 18.3 Å². The average molecular weight is 414 g/mol. The van der Waals surface area contributed by atoms with Crippen LogP contribution in [0.3, 0.4) is 0 Å². The molecule has 2 heterocycles. The molecule has 1 amide bonds. The third-order valence-corrected chi connectivity index (χ3v) is 5.52. The van der Waals surface area contributed by atoms with E-state index in [4.69, 9.17) is 9.47 Å². The van der Waals surface area contributed by atoms with Crippen LogP contribution in [0, 0.1) is 5.82 Å². The number of nitrogens with one attached hydrogen (secondary N) is 1. The number of hydrogen-bond donors (Lipinski definition) is 1. The summed E-state index contributed by atoms with van der Waals surface area (Å²) in [6, 6.07) is 11.7. The number of fused-ring (bicyclic) bond motifs is 1. The molecule has 0 unspecified atom stereocenters. The van der Waals surface area contributed by atoms with Crippen molar-refractivity contribution in [2.75, 3.05) is 12.1 Å². The van der Waals surface area contributed by atoms with Crippen molar-refractivity contribution in [3.63, 3.8) is 0 Å². The number of ether oxygens (including phenoxy) is 2. The summed E-state index contributed by atoms with van der Waals surface area (Å²) in [5.74, 6) is 1.15. The first-order chi connectivity index (χ1) is 14.1. The van der Waals surface area contributed by atoms with Crippen LogP contribution >= 0.6 is 11.8 Å². The van der Waals surface area contributed by atoms with Gasteiger partial charge in [0.1, 0.15) is 5.82 Å². The highest BCUT2D eigenvalue weighted by Gasteiger charge is 2.22. The van der Waals surface area contributed by atoms with Crippen LogP contribution in [0.2, 0.25) is 0 Å². The molecule has 1 aliphatic rings. The topological polar surface area (TPSA) is 78.3 Å². The normalized spacial score (nSPS) is 13.3. The summed E-state index contributed by atoms with van der Waals surface area (Å²) in [6.07, 6.45) is 0. The molecule has 1 aliphatic heterocycles. The Morgan fingerprint density at radius 2 is 2.03 bits per heavy atom. The van der Waals surface area contributed by atoms with Gasteiger partial charge in [0.2, 0.25) is 12.7 Å². The summed E-state index contributed by atoms with van der Waals surface area (Å²) >= 11 is 1.27. The minimum atomic E-state index is -0.441. The monoisotopic (exact) mass is 414 g/mol. The first-order valence-electron chi connectivity index (χ1n) is 9.12. The Kier molecular flexibility index (Phi) is 5.39. The number of thioether (sulfide) groups is 1. The predicted molar refractivity (Wildman–Crippen MR) is 108 cm³/mol. The average Bonchev–Trinajstić information content (AvgIpc) is 3.34. The van der Waals surface area contributed by atoms with Gasteiger partial charge in [0.05, 0.1) is 10.8 Å². The van der Waals surface area contributed by atoms with Gasteiger partial charge in [-0.3, -0.25) is 4.79 Å². The lowest BCUT2D eigenvalue weighted by Crippen LogP contribution is -2.23. The van der Waals surface area contributed by atoms with Gasteiger partial charge in [-0.1, -0.05) is 23.9 Å². The Bertz CT molecular complexity index is 1060. The van der Waals surface area contributed by atoms with Gasteiger partial charge in [-0.05, 0) is 38.1 Å². The number of rotatable bonds is 6. The lowest BCUT2D eigenvalue weighted by atomic mass is 10.2. The van der Waals surface area contributed by atoms with Crippen LogP contribution in [0.15, 0.2) is 47.6 Å². The zero-order valence-corrected chi connectivity index (χ0v) is 16.7. The fourth-order valence-corrected chi connectivity index (χ4v) is 3.85. The molecule has 0 saturated carbocycles. The van der Waals surface area contributed by atoms with E-state index < -0.39 is 5.25 Å². The molecule has 9 heteroatoms. The van der Waals surface area contributed by atoms with Crippen LogP contribution in [-0.2, 0) is 11.3 Å². The fourth-order valence-electron chi connectivity index (χ4n) is 2.93. The highest BCUT2D eigenvalue weighted by Crippen LogP contribution is 2.34. The molecule has 4 rings (SSSR count). The van der Waals surface area contributed by atoms with Crippen LogP contribution < -0.4 is 14.8 Å². The summed E-state index contributed by atoms with van der Waals surface area (Å²) < 4.78 is 26.6. The summed E-state index contributed by atoms with van der Waals surface area (Å²) in [7, 11) is 0. The van der Waals surface area contributed by atoms with Crippen molar-refractivity contribution in [3.8, 4) is 22.9 Å². The number of anilines is 1. The number of nitrogens with zero attached hydrogens (tertiary/aromatic N) is 3. The van der Waals surface area contributed by atoms with Gasteiger partial charge in [-0.15, -0.1) is 10.2 Å². The highest BCUT2D eigenvalue weighted by molar-refractivity contribution is 8.00. The van der Waals surface area contributed by atoms with Crippen LogP contribution in [0.4, 0.5) is 10.1 Å². The maximum atomic E-state index is 14.2. The molecule has 1 atom stereocenters. The van der Waals surface area contributed by atoms with Gasteiger partial charge in [0.25, 0.3) is 0 Å². The minimum absolute atomic E-state index is 0.177. The van der Waals surface area contributed by atoms with Crippen molar-refractivity contribution in [2.24, 2.45) is 0 Å². The van der Waals surface area contributed by atoms with Gasteiger partial charge >= 0.3 is 0 Å². The van der Waals surface area contributed by atoms with E-state index in [9.17, 15) is 9.18 Å². The van der Waals surface area contributed by atoms with Gasteiger partial charge < -0.3 is 19.4 Å². The van der Waals surface area contributed by atoms with Crippen molar-refractivity contribution in [1.29, 1.82) is 0 Å². The maximum absolute atomic E-state index is 14.2. The lowest BCUT2D eigenvalue weighted by molar-refractivity contribution is -0.115. The number of hydrogen-bond acceptors (Lipinski definition) is 6. The van der Waals surface area contributed by atoms with E-state index in [-0.39, 0.29) is 18.5 Å². The Hall–Kier alpha value is -3.07. The molecular formula is C20H19FN4O3S. The number of carbonyl (C=O) groups is 1. The zero-order chi connectivity index (χ0) is 20.4. The van der Waals surface area contributed by atoms with Crippen LogP contribution in [0.5, 0.6) is 11.5 Å². The molecule has 0 radical (unpaired) electrons. The Morgan fingerprint density at radius 1 is 1.24 bits per heavy atom. The molecule has 0 bridgehead atoms. The second-order valence-corrected chi connectivity index (χ2v) is 7.66. The molecule has 7 nitrogen and oxygen atoms in total. The van der Waals surface area contributed by atoms with Gasteiger partial charge in [0.15, 0.2) is 22.5 Å². The quantitative estimate of drug-likeness (QED) is 0.616. The number of aromatic nitrogens is 3. The second kappa shape index (κ2) is 8.12. The molecule has 0 saturated heterocycles. The largest absolute Gasteiger partial charge is 0.454 e. The van der Waals surface area contributed by atoms with Crippen LogP contribution in [0.25, 0.3) is 11.4 Å². The molecule has 0 spiro atoms. The van der Waals surface area contributed by atoms with E-state index >= 15 is 0 Å². The van der Waals surface area contributed by atoms with E-state index in [0.29, 0.717) is 40.3 Å². The van der Waals surface area contributed by atoms with Gasteiger partial charge in [-0.2, -0.15) is 0 Å². The molecular weight excluding hydrogens is 395 g/mol. The van der Waals surface area contributed by atoms with Crippen molar-refractivity contribution >= 4 is 23.4 Å². The molecule has 150 valence electrons. The third-order valence-electron chi connectivity index (χ3n) is 4.44. The number of carbonyl (C=O) groups excluding carboxylic acids is 1. The fraction of sp³-hybridized carbons (Fsp3) is 0.250. The standard InChI is InChI=1S/C20H19FN4O3S/c1-3-25-18(14-6-4-5-7-15(14)21)23-24-20(25)29-12(2)19(26)22-13-8-9-16-17(10-13)28-11-27-16/h4-10,12H,3,11H2,1-2H3,(H,22,26)/t12-/m1/s1. The number of benzene rings is 2. The Morgan fingerprint density at radius 3 is 2.83 bits per heavy atom. The summed E-state index contributed by atoms with van der Waals surface area (Å²) in [5, 5.41) is 11.3.